The van der Waals surface area contributed by atoms with E-state index in [-0.39, 0.29) is 26.3 Å². The van der Waals surface area contributed by atoms with Crippen molar-refractivity contribution in [2.75, 3.05) is 18.4 Å². The molecule has 34 heavy (non-hydrogen) atoms. The second kappa shape index (κ2) is 11.2. The number of amides is 1. The highest BCUT2D eigenvalue weighted by atomic mass is 35.5. The molecule has 0 atom stereocenters. The predicted octanol–water partition coefficient (Wildman–Crippen LogP) is 5.70. The van der Waals surface area contributed by atoms with Gasteiger partial charge in [-0.25, -0.2) is 13.4 Å². The average molecular weight is 525 g/mol. The Morgan fingerprint density at radius 3 is 2.44 bits per heavy atom. The third kappa shape index (κ3) is 5.90. The number of halogens is 1. The first-order valence-electron chi connectivity index (χ1n) is 10.8. The Labute approximate surface area is 207 Å². The van der Waals surface area contributed by atoms with Crippen LogP contribution in [-0.4, -0.2) is 41.6 Å². The molecule has 0 aliphatic heterocycles. The molecule has 1 amide bonds. The lowest BCUT2D eigenvalue weighted by Gasteiger charge is -2.21. The van der Waals surface area contributed by atoms with Crippen molar-refractivity contribution in [3.8, 4) is 0 Å². The number of rotatable bonds is 11. The van der Waals surface area contributed by atoms with E-state index < -0.39 is 20.9 Å². The first-order valence-corrected chi connectivity index (χ1v) is 13.5. The molecule has 0 unspecified atom stereocenters. The molecule has 0 bridgehead atoms. The van der Waals surface area contributed by atoms with Crippen molar-refractivity contribution >= 4 is 59.9 Å². The van der Waals surface area contributed by atoms with Gasteiger partial charge in [-0.05, 0) is 43.2 Å². The topological polar surface area (TPSA) is 123 Å². The van der Waals surface area contributed by atoms with Crippen LogP contribution in [0.3, 0.4) is 0 Å². The van der Waals surface area contributed by atoms with Crippen molar-refractivity contribution < 1.29 is 18.1 Å². The number of anilines is 1. The number of carbonyl (C=O) groups excluding carboxylic acids is 1. The van der Waals surface area contributed by atoms with Crippen molar-refractivity contribution in [3.05, 3.63) is 57.1 Å². The number of aromatic nitrogens is 1. The molecule has 2 aromatic carbocycles. The maximum atomic E-state index is 13.3. The molecule has 0 aliphatic carbocycles. The Hall–Kier alpha value is -2.60. The lowest BCUT2D eigenvalue weighted by molar-refractivity contribution is -0.385. The van der Waals surface area contributed by atoms with Crippen molar-refractivity contribution in [1.82, 2.24) is 9.29 Å². The van der Waals surface area contributed by atoms with E-state index in [2.05, 4.69) is 10.3 Å². The third-order valence-electron chi connectivity index (χ3n) is 5.14. The lowest BCUT2D eigenvalue weighted by Crippen LogP contribution is -2.33. The summed E-state index contributed by atoms with van der Waals surface area (Å²) < 4.78 is 28.6. The molecule has 0 fully saturated rings. The number of hydrogen-bond acceptors (Lipinski definition) is 7. The summed E-state index contributed by atoms with van der Waals surface area (Å²) in [7, 11) is -3.68. The fourth-order valence-corrected chi connectivity index (χ4v) is 5.99. The first kappa shape index (κ1) is 26.0. The minimum absolute atomic E-state index is 0.166. The number of nitrogens with zero attached hydrogens (tertiary/aromatic N) is 3. The van der Waals surface area contributed by atoms with Crippen molar-refractivity contribution in [2.45, 2.75) is 44.4 Å². The number of nitro groups is 1. The number of nitro benzene ring substituents is 1. The molecule has 3 rings (SSSR count). The second-order valence-corrected chi connectivity index (χ2v) is 11.0. The smallest absolute Gasteiger partial charge is 0.282 e. The maximum Gasteiger partial charge on any atom is 0.282 e. The molecule has 12 heteroatoms. The van der Waals surface area contributed by atoms with E-state index >= 15 is 0 Å². The molecule has 182 valence electrons. The molecular weight excluding hydrogens is 500 g/mol. The molecule has 1 N–H and O–H groups in total. The lowest BCUT2D eigenvalue weighted by atomic mass is 10.1. The Kier molecular flexibility index (Phi) is 8.58. The largest absolute Gasteiger partial charge is 0.298 e. The molecule has 0 aliphatic rings. The van der Waals surface area contributed by atoms with Gasteiger partial charge in [-0.2, -0.15) is 4.31 Å². The zero-order chi connectivity index (χ0) is 24.9. The average Bonchev–Trinajstić information content (AvgIpc) is 3.20. The molecular formula is C22H25ClN4O5S2. The number of carbonyl (C=O) groups is 1. The minimum Gasteiger partial charge on any atom is -0.298 e. The van der Waals surface area contributed by atoms with Crippen LogP contribution in [0, 0.1) is 10.1 Å². The first-order chi connectivity index (χ1) is 16.2. The van der Waals surface area contributed by atoms with E-state index in [0.29, 0.717) is 23.3 Å². The molecule has 9 nitrogen and oxygen atoms in total. The SMILES string of the molecule is CCCCN(CCCC)S(=O)(=O)c1ccc2nc(NC(=O)c3cc(Cl)ccc3[N+](=O)[O-])sc2c1. The number of hydrogen-bond donors (Lipinski definition) is 1. The minimum atomic E-state index is -3.68. The van der Waals surface area contributed by atoms with Gasteiger partial charge in [-0.15, -0.1) is 0 Å². The summed E-state index contributed by atoms with van der Waals surface area (Å²) in [5.74, 6) is -0.730. The van der Waals surface area contributed by atoms with Crippen LogP contribution in [0.1, 0.15) is 49.9 Å². The van der Waals surface area contributed by atoms with Crippen LogP contribution in [0.15, 0.2) is 41.3 Å². The van der Waals surface area contributed by atoms with Gasteiger partial charge in [0.1, 0.15) is 5.56 Å². The van der Waals surface area contributed by atoms with Gasteiger partial charge in [-0.1, -0.05) is 49.6 Å². The fourth-order valence-electron chi connectivity index (χ4n) is 3.30. The highest BCUT2D eigenvalue weighted by Gasteiger charge is 2.25. The van der Waals surface area contributed by atoms with E-state index in [1.807, 2.05) is 13.8 Å². The summed E-state index contributed by atoms with van der Waals surface area (Å²) in [5, 5.41) is 14.2. The van der Waals surface area contributed by atoms with Crippen molar-refractivity contribution in [1.29, 1.82) is 0 Å². The monoisotopic (exact) mass is 524 g/mol. The number of sulfonamides is 1. The van der Waals surface area contributed by atoms with Crippen LogP contribution in [0.4, 0.5) is 10.8 Å². The number of thiazole rings is 1. The summed E-state index contributed by atoms with van der Waals surface area (Å²) in [6, 6.07) is 8.36. The van der Waals surface area contributed by atoms with Crippen LogP contribution < -0.4 is 5.32 Å². The van der Waals surface area contributed by atoms with Gasteiger partial charge in [0.2, 0.25) is 10.0 Å². The van der Waals surface area contributed by atoms with E-state index in [0.717, 1.165) is 43.1 Å². The van der Waals surface area contributed by atoms with Gasteiger partial charge in [-0.3, -0.25) is 20.2 Å². The van der Waals surface area contributed by atoms with Gasteiger partial charge < -0.3 is 0 Å². The summed E-state index contributed by atoms with van der Waals surface area (Å²) in [4.78, 5) is 27.8. The van der Waals surface area contributed by atoms with E-state index in [9.17, 15) is 23.3 Å². The highest BCUT2D eigenvalue weighted by molar-refractivity contribution is 7.89. The molecule has 0 saturated carbocycles. The quantitative estimate of drug-likeness (QED) is 0.253. The van der Waals surface area contributed by atoms with E-state index in [4.69, 9.17) is 11.6 Å². The predicted molar refractivity (Wildman–Crippen MR) is 134 cm³/mol. The molecule has 0 radical (unpaired) electrons. The Balaban J connectivity index is 1.88. The van der Waals surface area contributed by atoms with Crippen LogP contribution in [0.25, 0.3) is 10.2 Å². The Morgan fingerprint density at radius 2 is 1.82 bits per heavy atom. The van der Waals surface area contributed by atoms with Crippen LogP contribution >= 0.6 is 22.9 Å². The third-order valence-corrected chi connectivity index (χ3v) is 8.20. The Morgan fingerprint density at radius 1 is 1.15 bits per heavy atom. The standard InChI is InChI=1S/C22H25ClN4O5S2/c1-3-5-11-26(12-6-4-2)34(31,32)16-8-9-18-20(14-16)33-22(24-18)25-21(28)17-13-15(23)7-10-19(17)27(29)30/h7-10,13-14H,3-6,11-12H2,1-2H3,(H,24,25,28). The van der Waals surface area contributed by atoms with Gasteiger partial charge in [0.05, 0.1) is 20.0 Å². The summed E-state index contributed by atoms with van der Waals surface area (Å²) >= 11 is 6.99. The van der Waals surface area contributed by atoms with E-state index in [1.54, 1.807) is 12.1 Å². The van der Waals surface area contributed by atoms with Gasteiger partial charge in [0.25, 0.3) is 11.6 Å². The van der Waals surface area contributed by atoms with E-state index in [1.165, 1.54) is 22.5 Å². The summed E-state index contributed by atoms with van der Waals surface area (Å²) in [5.41, 5.74) is -0.0633. The normalized spacial score (nSPS) is 11.8. The van der Waals surface area contributed by atoms with Gasteiger partial charge in [0, 0.05) is 24.2 Å². The van der Waals surface area contributed by atoms with Crippen LogP contribution in [0.2, 0.25) is 5.02 Å². The summed E-state index contributed by atoms with van der Waals surface area (Å²) in [6.45, 7) is 4.95. The van der Waals surface area contributed by atoms with Crippen LogP contribution in [-0.2, 0) is 10.0 Å². The summed E-state index contributed by atoms with van der Waals surface area (Å²) in [6.07, 6.45) is 3.33. The molecule has 3 aromatic rings. The molecule has 1 heterocycles. The fraction of sp³-hybridized carbons (Fsp3) is 0.364. The highest BCUT2D eigenvalue weighted by Crippen LogP contribution is 2.31. The zero-order valence-electron chi connectivity index (χ0n) is 18.8. The number of fused-ring (bicyclic) bond motifs is 1. The molecule has 0 saturated heterocycles. The van der Waals surface area contributed by atoms with Gasteiger partial charge >= 0.3 is 0 Å². The van der Waals surface area contributed by atoms with Crippen LogP contribution in [0.5, 0.6) is 0 Å². The Bertz CT molecular complexity index is 1300. The number of nitrogens with one attached hydrogen (secondary N) is 1. The number of unbranched alkanes of at least 4 members (excludes halogenated alkanes) is 2. The zero-order valence-corrected chi connectivity index (χ0v) is 21.2. The van der Waals surface area contributed by atoms with Crippen molar-refractivity contribution in [3.63, 3.8) is 0 Å². The number of benzene rings is 2. The van der Waals surface area contributed by atoms with Gasteiger partial charge in [0.15, 0.2) is 5.13 Å². The molecule has 0 spiro atoms. The second-order valence-electron chi connectivity index (χ2n) is 7.63. The maximum absolute atomic E-state index is 13.3. The van der Waals surface area contributed by atoms with Crippen molar-refractivity contribution in [2.24, 2.45) is 0 Å². The molecule has 1 aromatic heterocycles.